The Morgan fingerprint density at radius 1 is 0.739 bits per heavy atom. The van der Waals surface area contributed by atoms with Crippen LogP contribution in [0.1, 0.15) is 34.6 Å². The Labute approximate surface area is 137 Å². The summed E-state index contributed by atoms with van der Waals surface area (Å²) in [4.78, 5) is 9.00. The van der Waals surface area contributed by atoms with Gasteiger partial charge in [-0.2, -0.15) is 0 Å². The Morgan fingerprint density at radius 3 is 0.957 bits per heavy atom. The summed E-state index contributed by atoms with van der Waals surface area (Å²) < 4.78 is 9.71. The molecule has 144 valence electrons. The number of aliphatic carboxylic acids is 1. The highest BCUT2D eigenvalue weighted by atomic mass is 16.5. The van der Waals surface area contributed by atoms with Crippen molar-refractivity contribution in [1.29, 1.82) is 0 Å². The molecule has 0 aliphatic carbocycles. The van der Waals surface area contributed by atoms with Gasteiger partial charge < -0.3 is 40.5 Å². The first kappa shape index (κ1) is 30.1. The molecule has 0 amide bonds. The van der Waals surface area contributed by atoms with Crippen molar-refractivity contribution in [1.82, 2.24) is 0 Å². The lowest BCUT2D eigenvalue weighted by molar-refractivity contribution is -0.134. The lowest BCUT2D eigenvalue weighted by Gasteiger charge is -2.06. The number of hydrogen-bond donors (Lipinski definition) is 5. The maximum Gasteiger partial charge on any atom is 0.300 e. The minimum Gasteiger partial charge on any atom is -0.481 e. The molecule has 23 heavy (non-hydrogen) atoms. The zero-order valence-corrected chi connectivity index (χ0v) is 14.6. The van der Waals surface area contributed by atoms with Crippen molar-refractivity contribution in [2.75, 3.05) is 26.4 Å². The fraction of sp³-hybridized carbons (Fsp3) is 0.929. The van der Waals surface area contributed by atoms with Gasteiger partial charge in [-0.25, -0.2) is 0 Å². The first-order chi connectivity index (χ1) is 9.98. The van der Waals surface area contributed by atoms with Crippen molar-refractivity contribution in [2.45, 2.75) is 59.0 Å². The van der Waals surface area contributed by atoms with Crippen molar-refractivity contribution in [3.05, 3.63) is 0 Å². The molecule has 0 saturated heterocycles. The first-order valence-corrected chi connectivity index (χ1v) is 7.06. The van der Waals surface area contributed by atoms with E-state index in [0.29, 0.717) is 26.4 Å². The second-order valence-corrected chi connectivity index (χ2v) is 4.99. The topological polar surface area (TPSA) is 168 Å². The van der Waals surface area contributed by atoms with Crippen molar-refractivity contribution in [3.63, 3.8) is 0 Å². The summed E-state index contributed by atoms with van der Waals surface area (Å²) in [6, 6.07) is 0. The van der Waals surface area contributed by atoms with E-state index in [-0.39, 0.29) is 5.48 Å². The van der Waals surface area contributed by atoms with Gasteiger partial charge in [0.1, 0.15) is 0 Å². The summed E-state index contributed by atoms with van der Waals surface area (Å²) in [5.74, 6) is -0.833. The summed E-state index contributed by atoms with van der Waals surface area (Å²) >= 11 is 0. The summed E-state index contributed by atoms with van der Waals surface area (Å²) in [6.07, 6.45) is -1.76. The molecule has 9 heteroatoms. The van der Waals surface area contributed by atoms with Crippen LogP contribution in [0.5, 0.6) is 0 Å². The Hall–Kier alpha value is -0.810. The maximum atomic E-state index is 9.00. The largest absolute Gasteiger partial charge is 0.481 e. The standard InChI is InChI=1S/2C6H14O3.C2H4O2.H2O/c2*1-5(7)3-9-4-6(2)8;1-2(3)4;/h2*5-8H,3-4H2,1-2H3;1H3,(H,3,4);1H2. The number of aliphatic hydroxyl groups excluding tert-OH is 4. The SMILES string of the molecule is CC(=O)O.CC(O)COCC(C)O.CC(O)COCC(C)O.O. The Balaban J connectivity index is -0.000000124. The monoisotopic (exact) mass is 346 g/mol. The van der Waals surface area contributed by atoms with Crippen LogP contribution in [0.2, 0.25) is 0 Å². The van der Waals surface area contributed by atoms with E-state index >= 15 is 0 Å². The van der Waals surface area contributed by atoms with Gasteiger partial charge in [0.05, 0.1) is 50.8 Å². The van der Waals surface area contributed by atoms with Gasteiger partial charge in [0, 0.05) is 6.92 Å². The predicted octanol–water partition coefficient (Wildman–Crippen LogP) is -1.20. The minimum absolute atomic E-state index is 0. The molecule has 0 aromatic rings. The molecule has 0 fully saturated rings. The second kappa shape index (κ2) is 21.2. The van der Waals surface area contributed by atoms with Crippen molar-refractivity contribution in [2.24, 2.45) is 0 Å². The molecule has 0 aromatic carbocycles. The molecule has 0 heterocycles. The molecule has 0 aliphatic rings. The second-order valence-electron chi connectivity index (χ2n) is 4.99. The Kier molecular flexibility index (Phi) is 27.7. The molecular formula is C14H34O9. The van der Waals surface area contributed by atoms with E-state index in [4.69, 9.17) is 39.8 Å². The van der Waals surface area contributed by atoms with Crippen LogP contribution in [0, 0.1) is 0 Å². The highest BCUT2D eigenvalue weighted by Crippen LogP contribution is 1.86. The van der Waals surface area contributed by atoms with Crippen LogP contribution in [0.3, 0.4) is 0 Å². The predicted molar refractivity (Wildman–Crippen MR) is 85.3 cm³/mol. The number of carboxylic acid groups (broad SMARTS) is 1. The Morgan fingerprint density at radius 2 is 0.870 bits per heavy atom. The van der Waals surface area contributed by atoms with Gasteiger partial charge in [0.2, 0.25) is 0 Å². The smallest absolute Gasteiger partial charge is 0.300 e. The van der Waals surface area contributed by atoms with Gasteiger partial charge in [0.25, 0.3) is 5.97 Å². The van der Waals surface area contributed by atoms with Gasteiger partial charge >= 0.3 is 0 Å². The third-order valence-corrected chi connectivity index (χ3v) is 1.44. The van der Waals surface area contributed by atoms with E-state index in [1.54, 1.807) is 27.7 Å². The molecule has 0 saturated carbocycles. The van der Waals surface area contributed by atoms with Crippen LogP contribution >= 0.6 is 0 Å². The molecule has 4 unspecified atom stereocenters. The summed E-state index contributed by atoms with van der Waals surface area (Å²) in [7, 11) is 0. The lowest BCUT2D eigenvalue weighted by Crippen LogP contribution is -2.16. The van der Waals surface area contributed by atoms with Crippen LogP contribution in [0.15, 0.2) is 0 Å². The molecule has 9 nitrogen and oxygen atoms in total. The van der Waals surface area contributed by atoms with Crippen LogP contribution in [0.25, 0.3) is 0 Å². The van der Waals surface area contributed by atoms with Crippen LogP contribution < -0.4 is 0 Å². The average molecular weight is 346 g/mol. The third kappa shape index (κ3) is 62.3. The van der Waals surface area contributed by atoms with Crippen LogP contribution in [0.4, 0.5) is 0 Å². The van der Waals surface area contributed by atoms with E-state index in [9.17, 15) is 0 Å². The summed E-state index contributed by atoms with van der Waals surface area (Å²) in [5.41, 5.74) is 0. The van der Waals surface area contributed by atoms with Gasteiger partial charge in [-0.1, -0.05) is 0 Å². The highest BCUT2D eigenvalue weighted by molar-refractivity contribution is 5.62. The van der Waals surface area contributed by atoms with Crippen LogP contribution in [-0.2, 0) is 14.3 Å². The van der Waals surface area contributed by atoms with E-state index < -0.39 is 30.4 Å². The number of rotatable bonds is 8. The van der Waals surface area contributed by atoms with Crippen molar-refractivity contribution >= 4 is 5.97 Å². The summed E-state index contributed by atoms with van der Waals surface area (Å²) in [6.45, 7) is 8.83. The van der Waals surface area contributed by atoms with E-state index in [1.165, 1.54) is 0 Å². The van der Waals surface area contributed by atoms with E-state index in [2.05, 4.69) is 0 Å². The number of carbonyl (C=O) groups is 1. The first-order valence-electron chi connectivity index (χ1n) is 7.06. The minimum atomic E-state index is -0.833. The van der Waals surface area contributed by atoms with E-state index in [1.807, 2.05) is 0 Å². The van der Waals surface area contributed by atoms with E-state index in [0.717, 1.165) is 6.92 Å². The zero-order valence-electron chi connectivity index (χ0n) is 14.6. The summed E-state index contributed by atoms with van der Waals surface area (Å²) in [5, 5.41) is 42.1. The van der Waals surface area contributed by atoms with Gasteiger partial charge in [-0.15, -0.1) is 0 Å². The molecule has 4 atom stereocenters. The fourth-order valence-corrected chi connectivity index (χ4v) is 0.818. The van der Waals surface area contributed by atoms with Crippen molar-refractivity contribution < 1.29 is 45.3 Å². The fourth-order valence-electron chi connectivity index (χ4n) is 0.818. The normalized spacial score (nSPS) is 14.7. The molecule has 0 rings (SSSR count). The maximum absolute atomic E-state index is 9.00. The number of ether oxygens (including phenoxy) is 2. The number of aliphatic hydroxyl groups is 4. The molecule has 0 aliphatic heterocycles. The highest BCUT2D eigenvalue weighted by Gasteiger charge is 1.98. The molecule has 0 bridgehead atoms. The molecule has 7 N–H and O–H groups in total. The zero-order chi connectivity index (χ0) is 18.1. The molecular weight excluding hydrogens is 312 g/mol. The third-order valence-electron chi connectivity index (χ3n) is 1.44. The Bertz CT molecular complexity index is 192. The lowest BCUT2D eigenvalue weighted by atomic mass is 10.4. The average Bonchev–Trinajstić information content (AvgIpc) is 2.26. The number of carboxylic acids is 1. The van der Waals surface area contributed by atoms with Gasteiger partial charge in [-0.05, 0) is 27.7 Å². The number of hydrogen-bond acceptors (Lipinski definition) is 7. The quantitative estimate of drug-likeness (QED) is 0.365. The van der Waals surface area contributed by atoms with Crippen molar-refractivity contribution in [3.8, 4) is 0 Å². The molecule has 0 aromatic heterocycles. The van der Waals surface area contributed by atoms with Gasteiger partial charge in [-0.3, -0.25) is 4.79 Å². The van der Waals surface area contributed by atoms with Crippen LogP contribution in [-0.4, -0.2) is 87.8 Å². The molecule has 0 spiro atoms. The van der Waals surface area contributed by atoms with Gasteiger partial charge in [0.15, 0.2) is 0 Å². The molecule has 0 radical (unpaired) electrons.